The Morgan fingerprint density at radius 1 is 0.861 bits per heavy atom. The monoisotopic (exact) mass is 474 g/mol. The molecular weight excluding hydrogens is 452 g/mol. The lowest BCUT2D eigenvalue weighted by atomic mass is 9.74. The Hall–Kier alpha value is -4.71. The Labute approximate surface area is 208 Å². The summed E-state index contributed by atoms with van der Waals surface area (Å²) in [6.07, 6.45) is 0. The van der Waals surface area contributed by atoms with Gasteiger partial charge in [-0.25, -0.2) is 0 Å². The summed E-state index contributed by atoms with van der Waals surface area (Å²) in [4.78, 5) is 33.2. The molecule has 0 unspecified atom stereocenters. The maximum atomic E-state index is 13.9. The Bertz CT molecular complexity index is 1470. The molecular formula is C30H22N2O4. The number of para-hydroxylation sites is 1. The van der Waals surface area contributed by atoms with Gasteiger partial charge in [-0.3, -0.25) is 9.59 Å². The minimum atomic E-state index is -1.57. The smallest absolute Gasteiger partial charge is 0.277 e. The van der Waals surface area contributed by atoms with Gasteiger partial charge in [0.2, 0.25) is 0 Å². The lowest BCUT2D eigenvalue weighted by Crippen LogP contribution is -2.46. The van der Waals surface area contributed by atoms with Crippen LogP contribution in [-0.2, 0) is 21.8 Å². The fourth-order valence-corrected chi connectivity index (χ4v) is 4.81. The van der Waals surface area contributed by atoms with E-state index in [0.717, 1.165) is 5.56 Å². The Morgan fingerprint density at radius 3 is 2.28 bits per heavy atom. The van der Waals surface area contributed by atoms with Crippen LogP contribution in [0.25, 0.3) is 0 Å². The number of fused-ring (bicyclic) bond motifs is 2. The van der Waals surface area contributed by atoms with E-state index in [1.54, 1.807) is 36.4 Å². The molecule has 176 valence electrons. The van der Waals surface area contributed by atoms with E-state index in [4.69, 9.17) is 9.57 Å². The molecule has 0 aromatic heterocycles. The van der Waals surface area contributed by atoms with Gasteiger partial charge < -0.3 is 14.9 Å². The Balaban J connectivity index is 1.36. The SMILES string of the molecule is O=C(c1ccccc1)[C@H]1C(c2ccc(OCc3ccccc3)cc2)=NO[C@@]12C(=O)Nc1ccccc12. The van der Waals surface area contributed by atoms with E-state index in [2.05, 4.69) is 10.5 Å². The molecule has 4 aromatic carbocycles. The van der Waals surface area contributed by atoms with Gasteiger partial charge in [-0.2, -0.15) is 0 Å². The first-order valence-corrected chi connectivity index (χ1v) is 11.7. The average molecular weight is 475 g/mol. The fraction of sp³-hybridized carbons (Fsp3) is 0.100. The number of amides is 1. The largest absolute Gasteiger partial charge is 0.489 e. The number of nitrogens with one attached hydrogen (secondary N) is 1. The molecule has 0 fully saturated rings. The first kappa shape index (κ1) is 21.8. The average Bonchev–Trinajstić information content (AvgIpc) is 3.47. The number of ether oxygens (including phenoxy) is 1. The maximum Gasteiger partial charge on any atom is 0.277 e. The number of hydrogen-bond donors (Lipinski definition) is 1. The van der Waals surface area contributed by atoms with Gasteiger partial charge in [0.05, 0.1) is 0 Å². The van der Waals surface area contributed by atoms with Gasteiger partial charge in [0, 0.05) is 22.4 Å². The molecule has 1 amide bonds. The van der Waals surface area contributed by atoms with Crippen LogP contribution in [0.2, 0.25) is 0 Å². The second kappa shape index (κ2) is 8.82. The van der Waals surface area contributed by atoms with Crippen molar-refractivity contribution >= 4 is 23.1 Å². The van der Waals surface area contributed by atoms with Gasteiger partial charge in [-0.05, 0) is 35.9 Å². The van der Waals surface area contributed by atoms with Crippen molar-refractivity contribution in [2.45, 2.75) is 12.2 Å². The van der Waals surface area contributed by atoms with E-state index < -0.39 is 17.4 Å². The predicted molar refractivity (Wildman–Crippen MR) is 136 cm³/mol. The third-order valence-electron chi connectivity index (χ3n) is 6.60. The molecule has 0 saturated heterocycles. The quantitative estimate of drug-likeness (QED) is 0.383. The summed E-state index contributed by atoms with van der Waals surface area (Å²) in [7, 11) is 0. The van der Waals surface area contributed by atoms with Crippen molar-refractivity contribution < 1.29 is 19.2 Å². The number of ketones is 1. The highest BCUT2D eigenvalue weighted by atomic mass is 16.7. The lowest BCUT2D eigenvalue weighted by molar-refractivity contribution is -0.140. The topological polar surface area (TPSA) is 77.0 Å². The highest BCUT2D eigenvalue weighted by molar-refractivity contribution is 6.24. The van der Waals surface area contributed by atoms with Crippen molar-refractivity contribution in [3.8, 4) is 5.75 Å². The summed E-state index contributed by atoms with van der Waals surface area (Å²) < 4.78 is 5.91. The van der Waals surface area contributed by atoms with Gasteiger partial charge in [0.15, 0.2) is 5.78 Å². The van der Waals surface area contributed by atoms with Gasteiger partial charge in [-0.15, -0.1) is 0 Å². The van der Waals surface area contributed by atoms with Crippen LogP contribution in [0.1, 0.15) is 27.0 Å². The number of Topliss-reactive ketones (excluding diaryl/α,β-unsaturated/α-hetero) is 1. The summed E-state index contributed by atoms with van der Waals surface area (Å²) in [6.45, 7) is 0.444. The van der Waals surface area contributed by atoms with Gasteiger partial charge in [0.25, 0.3) is 11.5 Å². The standard InChI is InChI=1S/C30H22N2O4/c33-28(22-11-5-2-6-12-22)26-27(32-36-30(26)24-13-7-8-14-25(24)31-29(30)34)21-15-17-23(18-16-21)35-19-20-9-3-1-4-10-20/h1-18,26H,19H2,(H,31,34)/t26-,30-/m1/s1. The zero-order valence-electron chi connectivity index (χ0n) is 19.3. The maximum absolute atomic E-state index is 13.9. The van der Waals surface area contributed by atoms with Crippen LogP contribution in [0.15, 0.2) is 114 Å². The van der Waals surface area contributed by atoms with Crippen LogP contribution in [0, 0.1) is 5.92 Å². The van der Waals surface area contributed by atoms with Crippen molar-refractivity contribution in [2.24, 2.45) is 11.1 Å². The van der Waals surface area contributed by atoms with Crippen LogP contribution in [0.4, 0.5) is 5.69 Å². The van der Waals surface area contributed by atoms with E-state index in [0.29, 0.717) is 40.4 Å². The van der Waals surface area contributed by atoms with Gasteiger partial charge in [-0.1, -0.05) is 84.0 Å². The summed E-state index contributed by atoms with van der Waals surface area (Å²) in [5.74, 6) is -0.908. The predicted octanol–water partition coefficient (Wildman–Crippen LogP) is 5.35. The molecule has 6 rings (SSSR count). The molecule has 2 atom stereocenters. The van der Waals surface area contributed by atoms with Crippen LogP contribution in [-0.4, -0.2) is 17.4 Å². The van der Waals surface area contributed by atoms with Crippen molar-refractivity contribution in [3.63, 3.8) is 0 Å². The first-order chi connectivity index (χ1) is 17.7. The molecule has 6 nitrogen and oxygen atoms in total. The summed E-state index contributed by atoms with van der Waals surface area (Å²) in [5, 5.41) is 7.21. The first-order valence-electron chi connectivity index (χ1n) is 11.7. The molecule has 4 aromatic rings. The van der Waals surface area contributed by atoms with Crippen LogP contribution in [0.5, 0.6) is 5.75 Å². The zero-order chi connectivity index (χ0) is 24.5. The summed E-state index contributed by atoms with van der Waals surface area (Å²) in [5.41, 5.74) is 2.30. The lowest BCUT2D eigenvalue weighted by Gasteiger charge is -2.26. The van der Waals surface area contributed by atoms with Gasteiger partial charge in [0.1, 0.15) is 24.0 Å². The van der Waals surface area contributed by atoms with E-state index in [-0.39, 0.29) is 5.78 Å². The number of anilines is 1. The Morgan fingerprint density at radius 2 is 1.53 bits per heavy atom. The number of nitrogens with zero attached hydrogens (tertiary/aromatic N) is 1. The second-order valence-electron chi connectivity index (χ2n) is 8.77. The number of benzene rings is 4. The van der Waals surface area contributed by atoms with Crippen molar-refractivity contribution in [2.75, 3.05) is 5.32 Å². The van der Waals surface area contributed by atoms with Crippen LogP contribution >= 0.6 is 0 Å². The molecule has 36 heavy (non-hydrogen) atoms. The molecule has 1 spiro atoms. The van der Waals surface area contributed by atoms with Gasteiger partial charge >= 0.3 is 0 Å². The number of carbonyl (C=O) groups is 2. The number of rotatable bonds is 6. The molecule has 2 heterocycles. The minimum Gasteiger partial charge on any atom is -0.489 e. The summed E-state index contributed by atoms with van der Waals surface area (Å²) >= 11 is 0. The van der Waals surface area contributed by atoms with E-state index >= 15 is 0 Å². The second-order valence-corrected chi connectivity index (χ2v) is 8.77. The third kappa shape index (κ3) is 3.55. The van der Waals surface area contributed by atoms with E-state index in [9.17, 15) is 9.59 Å². The number of hydrogen-bond acceptors (Lipinski definition) is 5. The molecule has 2 aliphatic heterocycles. The highest BCUT2D eigenvalue weighted by Crippen LogP contribution is 2.49. The van der Waals surface area contributed by atoms with Crippen molar-refractivity contribution in [3.05, 3.63) is 131 Å². The molecule has 0 radical (unpaired) electrons. The van der Waals surface area contributed by atoms with Crippen molar-refractivity contribution in [1.29, 1.82) is 0 Å². The number of oxime groups is 1. The highest BCUT2D eigenvalue weighted by Gasteiger charge is 2.63. The van der Waals surface area contributed by atoms with Crippen molar-refractivity contribution in [1.82, 2.24) is 0 Å². The summed E-state index contributed by atoms with van der Waals surface area (Å²) in [6, 6.07) is 33.4. The van der Waals surface area contributed by atoms with Crippen LogP contribution < -0.4 is 10.1 Å². The van der Waals surface area contributed by atoms with Crippen LogP contribution in [0.3, 0.4) is 0 Å². The third-order valence-corrected chi connectivity index (χ3v) is 6.60. The molecule has 6 heteroatoms. The molecule has 2 aliphatic rings. The molecule has 0 aliphatic carbocycles. The Kier molecular flexibility index (Phi) is 5.34. The molecule has 0 bridgehead atoms. The van der Waals surface area contributed by atoms with E-state index in [1.165, 1.54) is 0 Å². The minimum absolute atomic E-state index is 0.233. The van der Waals surface area contributed by atoms with E-state index in [1.807, 2.05) is 72.8 Å². The zero-order valence-corrected chi connectivity index (χ0v) is 19.3. The molecule has 1 N–H and O–H groups in total. The molecule has 0 saturated carbocycles. The normalized spacial score (nSPS) is 19.8. The number of carbonyl (C=O) groups excluding carboxylic acids is 2. The fourth-order valence-electron chi connectivity index (χ4n) is 4.81.